The number of aryl methyl sites for hydroxylation is 2. The molecule has 34 heavy (non-hydrogen) atoms. The number of fused-ring (bicyclic) bond motifs is 1. The first-order valence-electron chi connectivity index (χ1n) is 12.6. The predicted molar refractivity (Wildman–Crippen MR) is 134 cm³/mol. The van der Waals surface area contributed by atoms with E-state index in [9.17, 15) is 4.79 Å². The fraction of sp³-hybridized carbons (Fsp3) is 0.538. The average molecular weight is 462 g/mol. The number of piperidine rings is 1. The van der Waals surface area contributed by atoms with Gasteiger partial charge in [0.15, 0.2) is 5.82 Å². The van der Waals surface area contributed by atoms with Crippen LogP contribution < -0.4 is 4.90 Å². The highest BCUT2D eigenvalue weighted by Gasteiger charge is 2.33. The van der Waals surface area contributed by atoms with Crippen molar-refractivity contribution in [1.29, 1.82) is 0 Å². The first-order valence-corrected chi connectivity index (χ1v) is 12.6. The summed E-state index contributed by atoms with van der Waals surface area (Å²) in [5.74, 6) is 1.09. The van der Waals surface area contributed by atoms with Gasteiger partial charge in [0.1, 0.15) is 5.52 Å². The van der Waals surface area contributed by atoms with Gasteiger partial charge in [-0.2, -0.15) is 10.2 Å². The molecule has 3 aromatic rings. The molecule has 0 spiro atoms. The number of carbonyl (C=O) groups excluding carboxylic acids is 1. The van der Waals surface area contributed by atoms with Gasteiger partial charge in [-0.15, -0.1) is 5.10 Å². The molecule has 4 heterocycles. The van der Waals surface area contributed by atoms with Gasteiger partial charge in [-0.1, -0.05) is 25.1 Å². The average Bonchev–Trinajstić information content (AvgIpc) is 3.23. The molecule has 8 nitrogen and oxygen atoms in total. The zero-order chi connectivity index (χ0) is 23.7. The zero-order valence-corrected chi connectivity index (χ0v) is 20.6. The normalized spacial score (nSPS) is 19.7. The SMILES string of the molecule is CCCN1CCN(C(=O)C2CCCN(c3nnc(C)c4c(C)n(-c5ccccc5)nc34)C2)CC1. The van der Waals surface area contributed by atoms with Crippen molar-refractivity contribution < 1.29 is 4.79 Å². The largest absolute Gasteiger partial charge is 0.352 e. The van der Waals surface area contributed by atoms with E-state index in [0.717, 1.165) is 92.3 Å². The number of carbonyl (C=O) groups is 1. The van der Waals surface area contributed by atoms with Gasteiger partial charge >= 0.3 is 0 Å². The quantitative estimate of drug-likeness (QED) is 0.581. The highest BCUT2D eigenvalue weighted by Crippen LogP contribution is 2.32. The monoisotopic (exact) mass is 461 g/mol. The molecule has 0 saturated carbocycles. The van der Waals surface area contributed by atoms with Crippen LogP contribution in [0.4, 0.5) is 5.82 Å². The Morgan fingerprint density at radius 1 is 1.03 bits per heavy atom. The minimum absolute atomic E-state index is 0.00179. The number of anilines is 1. The number of piperazine rings is 1. The van der Waals surface area contributed by atoms with Gasteiger partial charge in [-0.25, -0.2) is 4.68 Å². The van der Waals surface area contributed by atoms with Gasteiger partial charge in [0, 0.05) is 39.3 Å². The van der Waals surface area contributed by atoms with Crippen molar-refractivity contribution in [1.82, 2.24) is 29.8 Å². The lowest BCUT2D eigenvalue weighted by atomic mass is 9.96. The van der Waals surface area contributed by atoms with Crippen molar-refractivity contribution in [2.24, 2.45) is 5.92 Å². The maximum absolute atomic E-state index is 13.4. The first-order chi connectivity index (χ1) is 16.6. The van der Waals surface area contributed by atoms with E-state index in [0.29, 0.717) is 12.5 Å². The van der Waals surface area contributed by atoms with E-state index in [-0.39, 0.29) is 5.92 Å². The molecule has 0 aliphatic carbocycles. The van der Waals surface area contributed by atoms with Gasteiger partial charge < -0.3 is 9.80 Å². The minimum Gasteiger partial charge on any atom is -0.352 e. The molecule has 0 N–H and O–H groups in total. The second-order valence-electron chi connectivity index (χ2n) is 9.62. The minimum atomic E-state index is 0.00179. The standard InChI is InChI=1S/C26H35N7O/c1-4-12-30-14-16-31(17-15-30)26(34)21-9-8-13-32(18-21)25-24-23(19(2)27-28-25)20(3)33(29-24)22-10-6-5-7-11-22/h5-7,10-11,21H,4,8-9,12-18H2,1-3H3. The molecule has 5 rings (SSSR count). The molecular formula is C26H35N7O. The molecule has 1 aromatic carbocycles. The topological polar surface area (TPSA) is 70.4 Å². The molecule has 180 valence electrons. The Kier molecular flexibility index (Phi) is 6.50. The van der Waals surface area contributed by atoms with E-state index >= 15 is 0 Å². The second-order valence-corrected chi connectivity index (χ2v) is 9.62. The molecule has 2 aliphatic heterocycles. The van der Waals surface area contributed by atoms with Crippen molar-refractivity contribution >= 4 is 22.6 Å². The first kappa shape index (κ1) is 22.8. The summed E-state index contributed by atoms with van der Waals surface area (Å²) in [5, 5.41) is 15.1. The highest BCUT2D eigenvalue weighted by atomic mass is 16.2. The third-order valence-corrected chi connectivity index (χ3v) is 7.28. The molecule has 8 heteroatoms. The molecule has 2 aliphatic rings. The van der Waals surface area contributed by atoms with Crippen molar-refractivity contribution in [2.45, 2.75) is 40.0 Å². The van der Waals surface area contributed by atoms with Gasteiger partial charge in [-0.3, -0.25) is 9.69 Å². The molecule has 0 radical (unpaired) electrons. The molecule has 0 bridgehead atoms. The summed E-state index contributed by atoms with van der Waals surface area (Å²) >= 11 is 0. The highest BCUT2D eigenvalue weighted by molar-refractivity contribution is 5.92. The number of rotatable bonds is 5. The summed E-state index contributed by atoms with van der Waals surface area (Å²) in [4.78, 5) is 20.1. The van der Waals surface area contributed by atoms with Crippen LogP contribution in [-0.2, 0) is 4.79 Å². The van der Waals surface area contributed by atoms with E-state index in [1.165, 1.54) is 0 Å². The maximum atomic E-state index is 13.4. The third-order valence-electron chi connectivity index (χ3n) is 7.28. The van der Waals surface area contributed by atoms with Gasteiger partial charge in [0.2, 0.25) is 5.91 Å². The molecular weight excluding hydrogens is 426 g/mol. The van der Waals surface area contributed by atoms with Crippen LogP contribution >= 0.6 is 0 Å². The Balaban J connectivity index is 1.39. The van der Waals surface area contributed by atoms with Crippen LogP contribution in [0.1, 0.15) is 37.6 Å². The van der Waals surface area contributed by atoms with Crippen LogP contribution in [0.5, 0.6) is 0 Å². The fourth-order valence-corrected chi connectivity index (χ4v) is 5.48. The Morgan fingerprint density at radius 2 is 1.79 bits per heavy atom. The summed E-state index contributed by atoms with van der Waals surface area (Å²) in [6, 6.07) is 10.2. The summed E-state index contributed by atoms with van der Waals surface area (Å²) < 4.78 is 1.98. The van der Waals surface area contributed by atoms with Gasteiger partial charge in [0.05, 0.1) is 28.4 Å². The number of amides is 1. The molecule has 1 amide bonds. The number of benzene rings is 1. The van der Waals surface area contributed by atoms with Crippen molar-refractivity contribution in [3.8, 4) is 5.69 Å². The molecule has 1 unspecified atom stereocenters. The zero-order valence-electron chi connectivity index (χ0n) is 20.6. The Morgan fingerprint density at radius 3 is 2.53 bits per heavy atom. The predicted octanol–water partition coefficient (Wildman–Crippen LogP) is 3.20. The van der Waals surface area contributed by atoms with E-state index in [4.69, 9.17) is 5.10 Å². The second kappa shape index (κ2) is 9.70. The Hall–Kier alpha value is -3.00. The van der Waals surface area contributed by atoms with Crippen LogP contribution in [0.3, 0.4) is 0 Å². The maximum Gasteiger partial charge on any atom is 0.227 e. The van der Waals surface area contributed by atoms with Crippen molar-refractivity contribution in [3.63, 3.8) is 0 Å². The lowest BCUT2D eigenvalue weighted by Crippen LogP contribution is -2.52. The van der Waals surface area contributed by atoms with Gasteiger partial charge in [0.25, 0.3) is 0 Å². The van der Waals surface area contributed by atoms with Crippen molar-refractivity contribution in [3.05, 3.63) is 41.7 Å². The summed E-state index contributed by atoms with van der Waals surface area (Å²) in [5.41, 5.74) is 3.84. The molecule has 1 atom stereocenters. The summed E-state index contributed by atoms with van der Waals surface area (Å²) in [7, 11) is 0. The Labute approximate surface area is 201 Å². The van der Waals surface area contributed by atoms with Crippen LogP contribution in [0.25, 0.3) is 16.6 Å². The summed E-state index contributed by atoms with van der Waals surface area (Å²) in [6.45, 7) is 12.6. The van der Waals surface area contributed by atoms with Crippen LogP contribution in [0.15, 0.2) is 30.3 Å². The van der Waals surface area contributed by atoms with Gasteiger partial charge in [-0.05, 0) is 51.8 Å². The van der Waals surface area contributed by atoms with E-state index in [1.54, 1.807) is 0 Å². The van der Waals surface area contributed by atoms with Crippen LogP contribution in [0.2, 0.25) is 0 Å². The van der Waals surface area contributed by atoms with E-state index in [2.05, 4.69) is 50.9 Å². The lowest BCUT2D eigenvalue weighted by molar-refractivity contribution is -0.137. The van der Waals surface area contributed by atoms with E-state index < -0.39 is 0 Å². The number of aromatic nitrogens is 4. The Bertz CT molecular complexity index is 1150. The third kappa shape index (κ3) is 4.27. The number of hydrogen-bond donors (Lipinski definition) is 0. The molecule has 2 saturated heterocycles. The molecule has 2 aromatic heterocycles. The number of para-hydroxylation sites is 1. The number of nitrogens with zero attached hydrogens (tertiary/aromatic N) is 7. The van der Waals surface area contributed by atoms with Crippen LogP contribution in [-0.4, -0.2) is 81.5 Å². The number of hydrogen-bond acceptors (Lipinski definition) is 6. The van der Waals surface area contributed by atoms with Crippen LogP contribution in [0, 0.1) is 19.8 Å². The smallest absolute Gasteiger partial charge is 0.227 e. The van der Waals surface area contributed by atoms with E-state index in [1.807, 2.05) is 29.8 Å². The van der Waals surface area contributed by atoms with Crippen molar-refractivity contribution in [2.75, 3.05) is 50.7 Å². The summed E-state index contributed by atoms with van der Waals surface area (Å²) in [6.07, 6.45) is 3.07. The lowest BCUT2D eigenvalue weighted by Gasteiger charge is -2.39. The molecule has 2 fully saturated rings. The fourth-order valence-electron chi connectivity index (χ4n) is 5.48.